The van der Waals surface area contributed by atoms with Gasteiger partial charge < -0.3 is 0 Å². The Morgan fingerprint density at radius 2 is 0.930 bits per heavy atom. The number of hydrogen-bond donors (Lipinski definition) is 0. The first-order chi connectivity index (χ1) is 21.4. The van der Waals surface area contributed by atoms with E-state index in [1.807, 2.05) is 6.07 Å². The zero-order chi connectivity index (χ0) is 28.6. The Morgan fingerprint density at radius 1 is 0.372 bits per heavy atom. The molecule has 0 spiro atoms. The molecule has 0 atom stereocenters. The summed E-state index contributed by atoms with van der Waals surface area (Å²) in [5.74, 6) is 0. The van der Waals surface area contributed by atoms with Crippen molar-refractivity contribution in [1.82, 2.24) is 15.4 Å². The van der Waals surface area contributed by atoms with Crippen LogP contribution in [-0.4, -0.2) is 29.9 Å². The molecule has 0 saturated heterocycles. The molecule has 6 aromatic carbocycles. The van der Waals surface area contributed by atoms with Gasteiger partial charge in [0.15, 0.2) is 0 Å². The van der Waals surface area contributed by atoms with E-state index in [4.69, 9.17) is 10.2 Å². The molecule has 202 valence electrons. The number of benzene rings is 6. The van der Waals surface area contributed by atoms with E-state index in [0.29, 0.717) is 0 Å². The van der Waals surface area contributed by atoms with Crippen molar-refractivity contribution in [2.75, 3.05) is 0 Å². The summed E-state index contributed by atoms with van der Waals surface area (Å²) in [6.45, 7) is 0. The monoisotopic (exact) mass is 615 g/mol. The first kappa shape index (κ1) is 25.6. The molecule has 0 N–H and O–H groups in total. The van der Waals surface area contributed by atoms with Gasteiger partial charge in [-0.05, 0) is 0 Å². The Labute approximate surface area is 255 Å². The van der Waals surface area contributed by atoms with Gasteiger partial charge in [0, 0.05) is 0 Å². The summed E-state index contributed by atoms with van der Waals surface area (Å²) in [6.07, 6.45) is 0. The second-order valence-corrected chi connectivity index (χ2v) is 12.7. The predicted octanol–water partition coefficient (Wildman–Crippen LogP) is 9.57. The minimum absolute atomic E-state index is 0.209. The third-order valence-electron chi connectivity index (χ3n) is 7.96. The third-order valence-corrected chi connectivity index (χ3v) is 10.3. The fourth-order valence-electron chi connectivity index (χ4n) is 6.04. The molecule has 0 aliphatic rings. The topological polar surface area (TPSA) is 38.7 Å². The van der Waals surface area contributed by atoms with Gasteiger partial charge in [0.1, 0.15) is 0 Å². The van der Waals surface area contributed by atoms with Gasteiger partial charge in [0.2, 0.25) is 0 Å². The van der Waals surface area contributed by atoms with Crippen molar-refractivity contribution in [3.63, 3.8) is 0 Å². The van der Waals surface area contributed by atoms with Gasteiger partial charge >= 0.3 is 257 Å². The van der Waals surface area contributed by atoms with Crippen molar-refractivity contribution in [2.24, 2.45) is 0 Å². The standard InChI is InChI=1S/C39H25N3Se/c1-4-14-26(15-5-1)29-20-10-11-21-31(29)37-38(28-18-8-3-9-19-28)40-42-41-39(37)36-30(27-16-6-2-7-17-27)24-25-34-35(36)32-22-12-13-23-33(32)43-34/h1-25H. The van der Waals surface area contributed by atoms with E-state index in [9.17, 15) is 0 Å². The van der Waals surface area contributed by atoms with E-state index in [2.05, 4.69) is 151 Å². The maximum absolute atomic E-state index is 4.93. The molecule has 0 saturated carbocycles. The van der Waals surface area contributed by atoms with Gasteiger partial charge in [-0.15, -0.1) is 0 Å². The number of fused-ring (bicyclic) bond motifs is 3. The number of hydrogen-bond acceptors (Lipinski definition) is 3. The van der Waals surface area contributed by atoms with Crippen LogP contribution < -0.4 is 0 Å². The van der Waals surface area contributed by atoms with E-state index in [-0.39, 0.29) is 14.5 Å². The molecule has 3 nitrogen and oxygen atoms in total. The normalized spacial score (nSPS) is 11.3. The zero-order valence-electron chi connectivity index (χ0n) is 23.2. The summed E-state index contributed by atoms with van der Waals surface area (Å²) >= 11 is 0.209. The summed E-state index contributed by atoms with van der Waals surface area (Å²) < 4.78 is 2.76. The number of aromatic nitrogens is 3. The molecule has 0 aliphatic heterocycles. The van der Waals surface area contributed by atoms with Gasteiger partial charge in [0.05, 0.1) is 0 Å². The molecule has 2 aromatic heterocycles. The average molecular weight is 615 g/mol. The average Bonchev–Trinajstić information content (AvgIpc) is 3.48. The van der Waals surface area contributed by atoms with Crippen LogP contribution in [0.4, 0.5) is 0 Å². The predicted molar refractivity (Wildman–Crippen MR) is 179 cm³/mol. The van der Waals surface area contributed by atoms with Gasteiger partial charge in [0.25, 0.3) is 0 Å². The number of rotatable bonds is 5. The van der Waals surface area contributed by atoms with Crippen molar-refractivity contribution in [1.29, 1.82) is 0 Å². The quantitative estimate of drug-likeness (QED) is 0.181. The Morgan fingerprint density at radius 3 is 1.65 bits per heavy atom. The van der Waals surface area contributed by atoms with Crippen LogP contribution in [0.25, 0.3) is 75.2 Å². The van der Waals surface area contributed by atoms with E-state index >= 15 is 0 Å². The number of nitrogens with zero attached hydrogens (tertiary/aromatic N) is 3. The van der Waals surface area contributed by atoms with Crippen LogP contribution in [0, 0.1) is 0 Å². The van der Waals surface area contributed by atoms with E-state index in [0.717, 1.165) is 55.9 Å². The summed E-state index contributed by atoms with van der Waals surface area (Å²) in [7, 11) is 0. The van der Waals surface area contributed by atoms with Crippen molar-refractivity contribution in [2.45, 2.75) is 0 Å². The second kappa shape index (κ2) is 10.9. The van der Waals surface area contributed by atoms with Crippen molar-refractivity contribution >= 4 is 33.8 Å². The molecule has 0 amide bonds. The molecule has 0 fully saturated rings. The molecule has 8 rings (SSSR count). The van der Waals surface area contributed by atoms with E-state index < -0.39 is 0 Å². The van der Waals surface area contributed by atoms with E-state index in [1.165, 1.54) is 19.3 Å². The Bertz CT molecular complexity index is 2220. The Balaban J connectivity index is 1.55. The van der Waals surface area contributed by atoms with Crippen molar-refractivity contribution < 1.29 is 0 Å². The fraction of sp³-hybridized carbons (Fsp3) is 0. The Hall–Kier alpha value is -5.15. The van der Waals surface area contributed by atoms with Crippen molar-refractivity contribution in [3.05, 3.63) is 152 Å². The summed E-state index contributed by atoms with van der Waals surface area (Å²) in [4.78, 5) is 0. The van der Waals surface area contributed by atoms with Crippen LogP contribution in [0.15, 0.2) is 152 Å². The van der Waals surface area contributed by atoms with Gasteiger partial charge in [-0.1, -0.05) is 0 Å². The van der Waals surface area contributed by atoms with Gasteiger partial charge in [-0.25, -0.2) is 0 Å². The summed E-state index contributed by atoms with van der Waals surface area (Å²) in [6, 6.07) is 53.5. The van der Waals surface area contributed by atoms with E-state index in [1.54, 1.807) is 0 Å². The van der Waals surface area contributed by atoms with Crippen LogP contribution in [0.3, 0.4) is 0 Å². The van der Waals surface area contributed by atoms with Crippen molar-refractivity contribution in [3.8, 4) is 55.9 Å². The van der Waals surface area contributed by atoms with Crippen LogP contribution in [-0.2, 0) is 0 Å². The third kappa shape index (κ3) is 4.49. The van der Waals surface area contributed by atoms with Gasteiger partial charge in [-0.2, -0.15) is 0 Å². The molecule has 43 heavy (non-hydrogen) atoms. The fourth-order valence-corrected chi connectivity index (χ4v) is 8.38. The molecule has 8 aromatic rings. The first-order valence-electron chi connectivity index (χ1n) is 14.3. The van der Waals surface area contributed by atoms with Crippen LogP contribution in [0.2, 0.25) is 0 Å². The molecule has 4 heteroatoms. The molecular formula is C39H25N3Se. The molecule has 0 aliphatic carbocycles. The van der Waals surface area contributed by atoms with Crippen LogP contribution in [0.1, 0.15) is 0 Å². The molecule has 2 heterocycles. The van der Waals surface area contributed by atoms with Crippen LogP contribution >= 0.6 is 0 Å². The Kier molecular flexibility index (Phi) is 6.49. The molecular weight excluding hydrogens is 589 g/mol. The maximum atomic E-state index is 4.93. The second-order valence-electron chi connectivity index (χ2n) is 10.5. The molecule has 0 radical (unpaired) electrons. The molecule has 0 bridgehead atoms. The SMILES string of the molecule is c1ccc(-c2ccccc2-c2c(-c3ccccc3)nnnc2-c2c(-c3ccccc3)ccc3[se]c4ccccc4c23)cc1. The molecule has 0 unspecified atom stereocenters. The summed E-state index contributed by atoms with van der Waals surface area (Å²) in [5, 5.41) is 16.6. The summed E-state index contributed by atoms with van der Waals surface area (Å²) in [5.41, 5.74) is 10.4. The van der Waals surface area contributed by atoms with Gasteiger partial charge in [-0.3, -0.25) is 0 Å². The zero-order valence-corrected chi connectivity index (χ0v) is 24.9. The van der Waals surface area contributed by atoms with Crippen LogP contribution in [0.5, 0.6) is 0 Å². The first-order valence-corrected chi connectivity index (χ1v) is 16.0. The minimum atomic E-state index is 0.209.